The molecule has 2 nitrogen and oxygen atoms in total. The summed E-state index contributed by atoms with van der Waals surface area (Å²) in [6, 6.07) is 8.07. The number of rotatable bonds is 4. The molecule has 0 amide bonds. The number of aromatic nitrogens is 1. The summed E-state index contributed by atoms with van der Waals surface area (Å²) in [5, 5.41) is 2.03. The molecule has 0 fully saturated rings. The molecule has 0 bridgehead atoms. The van der Waals surface area contributed by atoms with E-state index in [1.54, 1.807) is 11.3 Å². The summed E-state index contributed by atoms with van der Waals surface area (Å²) >= 11 is 6.61. The normalized spacial score (nSPS) is 10.8. The van der Waals surface area contributed by atoms with Crippen LogP contribution in [0.15, 0.2) is 29.6 Å². The van der Waals surface area contributed by atoms with E-state index in [1.807, 2.05) is 29.6 Å². The highest BCUT2D eigenvalue weighted by molar-refractivity contribution is 7.73. The number of aromatic amines is 1. The van der Waals surface area contributed by atoms with E-state index in [9.17, 15) is 0 Å². The molecule has 0 aliphatic rings. The molecule has 4 heteroatoms. The molecule has 2 aromatic rings. The molecule has 90 valence electrons. The molecular formula is C13H15NOS2. The summed E-state index contributed by atoms with van der Waals surface area (Å²) < 4.78 is 6.44. The van der Waals surface area contributed by atoms with Gasteiger partial charge in [-0.05, 0) is 48.0 Å². The molecule has 0 aliphatic heterocycles. The quantitative estimate of drug-likeness (QED) is 0.823. The third-order valence-corrected chi connectivity index (χ3v) is 3.33. The van der Waals surface area contributed by atoms with Gasteiger partial charge in [-0.1, -0.05) is 13.8 Å². The maximum atomic E-state index is 5.64. The number of benzene rings is 1. The van der Waals surface area contributed by atoms with Crippen LogP contribution in [0.25, 0.3) is 11.3 Å². The van der Waals surface area contributed by atoms with E-state index in [0.717, 1.165) is 27.6 Å². The Bertz CT molecular complexity index is 525. The Morgan fingerprint density at radius 3 is 2.53 bits per heavy atom. The number of hydrogen-bond donors (Lipinski definition) is 1. The largest absolute Gasteiger partial charge is 0.493 e. The predicted molar refractivity (Wildman–Crippen MR) is 75.3 cm³/mol. The van der Waals surface area contributed by atoms with Gasteiger partial charge in [-0.25, -0.2) is 0 Å². The van der Waals surface area contributed by atoms with Crippen molar-refractivity contribution < 1.29 is 4.74 Å². The van der Waals surface area contributed by atoms with Crippen molar-refractivity contribution in [3.63, 3.8) is 0 Å². The second-order valence-electron chi connectivity index (χ2n) is 4.29. The van der Waals surface area contributed by atoms with Crippen molar-refractivity contribution in [3.05, 3.63) is 33.6 Å². The highest BCUT2D eigenvalue weighted by Crippen LogP contribution is 2.23. The number of thiazole rings is 1. The van der Waals surface area contributed by atoms with Crippen LogP contribution >= 0.6 is 23.6 Å². The second-order valence-corrected chi connectivity index (χ2v) is 5.84. The molecule has 0 unspecified atom stereocenters. The molecule has 1 aromatic carbocycles. The first kappa shape index (κ1) is 12.3. The molecule has 0 aliphatic carbocycles. The summed E-state index contributed by atoms with van der Waals surface area (Å²) in [5.41, 5.74) is 2.20. The molecule has 1 N–H and O–H groups in total. The molecule has 17 heavy (non-hydrogen) atoms. The highest BCUT2D eigenvalue weighted by Gasteiger charge is 2.01. The third-order valence-electron chi connectivity index (χ3n) is 2.27. The maximum absolute atomic E-state index is 5.64. The fourth-order valence-electron chi connectivity index (χ4n) is 1.42. The summed E-state index contributed by atoms with van der Waals surface area (Å²) in [5.74, 6) is 1.46. The summed E-state index contributed by atoms with van der Waals surface area (Å²) in [6.07, 6.45) is 0. The van der Waals surface area contributed by atoms with E-state index in [1.165, 1.54) is 0 Å². The van der Waals surface area contributed by atoms with Gasteiger partial charge in [-0.3, -0.25) is 0 Å². The molecular weight excluding hydrogens is 250 g/mol. The Hall–Kier alpha value is -1.13. The van der Waals surface area contributed by atoms with Crippen LogP contribution in [-0.2, 0) is 0 Å². The molecule has 2 rings (SSSR count). The van der Waals surface area contributed by atoms with Gasteiger partial charge in [0.15, 0.2) is 3.95 Å². The van der Waals surface area contributed by atoms with Crippen molar-refractivity contribution in [3.8, 4) is 17.0 Å². The lowest BCUT2D eigenvalue weighted by Crippen LogP contribution is -2.04. The Labute approximate surface area is 110 Å². The summed E-state index contributed by atoms with van der Waals surface area (Å²) in [6.45, 7) is 5.03. The third kappa shape index (κ3) is 3.41. The van der Waals surface area contributed by atoms with Crippen LogP contribution in [0.5, 0.6) is 5.75 Å². The number of H-pyrrole nitrogens is 1. The molecule has 0 saturated heterocycles. The highest BCUT2D eigenvalue weighted by atomic mass is 32.1. The molecule has 1 heterocycles. The van der Waals surface area contributed by atoms with Crippen molar-refractivity contribution in [2.75, 3.05) is 6.61 Å². The van der Waals surface area contributed by atoms with Crippen molar-refractivity contribution in [2.24, 2.45) is 5.92 Å². The van der Waals surface area contributed by atoms with Crippen LogP contribution in [0, 0.1) is 9.87 Å². The average molecular weight is 265 g/mol. The van der Waals surface area contributed by atoms with Crippen molar-refractivity contribution in [1.82, 2.24) is 4.98 Å². The lowest BCUT2D eigenvalue weighted by atomic mass is 10.2. The zero-order valence-electron chi connectivity index (χ0n) is 9.90. The van der Waals surface area contributed by atoms with Crippen molar-refractivity contribution >= 4 is 23.6 Å². The van der Waals surface area contributed by atoms with Gasteiger partial charge in [0.25, 0.3) is 0 Å². The van der Waals surface area contributed by atoms with Crippen LogP contribution in [0.2, 0.25) is 0 Å². The Balaban J connectivity index is 2.10. The van der Waals surface area contributed by atoms with Gasteiger partial charge in [0.2, 0.25) is 0 Å². The van der Waals surface area contributed by atoms with E-state index < -0.39 is 0 Å². The zero-order valence-corrected chi connectivity index (χ0v) is 11.5. The van der Waals surface area contributed by atoms with Crippen molar-refractivity contribution in [2.45, 2.75) is 13.8 Å². The van der Waals surface area contributed by atoms with Gasteiger partial charge in [0.1, 0.15) is 5.75 Å². The SMILES string of the molecule is CC(C)COc1ccc(-c2csc(=S)[nH]2)cc1. The first-order chi connectivity index (χ1) is 8.15. The van der Waals surface area contributed by atoms with Crippen LogP contribution in [-0.4, -0.2) is 11.6 Å². The van der Waals surface area contributed by atoms with E-state index in [2.05, 4.69) is 18.8 Å². The van der Waals surface area contributed by atoms with Gasteiger partial charge < -0.3 is 9.72 Å². The van der Waals surface area contributed by atoms with E-state index >= 15 is 0 Å². The molecule has 0 spiro atoms. The van der Waals surface area contributed by atoms with Gasteiger partial charge in [0.05, 0.1) is 12.3 Å². The van der Waals surface area contributed by atoms with Crippen LogP contribution in [0.1, 0.15) is 13.8 Å². The fourth-order valence-corrected chi connectivity index (χ4v) is 2.26. The minimum absolute atomic E-state index is 0.544. The zero-order chi connectivity index (χ0) is 12.3. The van der Waals surface area contributed by atoms with Crippen LogP contribution < -0.4 is 4.74 Å². The minimum Gasteiger partial charge on any atom is -0.493 e. The van der Waals surface area contributed by atoms with E-state index in [0.29, 0.717) is 5.92 Å². The summed E-state index contributed by atoms with van der Waals surface area (Å²) in [4.78, 5) is 3.15. The van der Waals surface area contributed by atoms with E-state index in [-0.39, 0.29) is 0 Å². The van der Waals surface area contributed by atoms with Gasteiger partial charge in [0, 0.05) is 5.38 Å². The Morgan fingerprint density at radius 2 is 2.00 bits per heavy atom. The van der Waals surface area contributed by atoms with Gasteiger partial charge >= 0.3 is 0 Å². The topological polar surface area (TPSA) is 25.0 Å². The first-order valence-electron chi connectivity index (χ1n) is 5.56. The minimum atomic E-state index is 0.544. The van der Waals surface area contributed by atoms with Crippen molar-refractivity contribution in [1.29, 1.82) is 0 Å². The molecule has 0 atom stereocenters. The fraction of sp³-hybridized carbons (Fsp3) is 0.308. The molecule has 0 saturated carbocycles. The number of hydrogen-bond acceptors (Lipinski definition) is 3. The number of ether oxygens (including phenoxy) is 1. The average Bonchev–Trinajstić information content (AvgIpc) is 2.74. The molecule has 1 aromatic heterocycles. The lowest BCUT2D eigenvalue weighted by molar-refractivity contribution is 0.271. The maximum Gasteiger partial charge on any atom is 0.158 e. The Kier molecular flexibility index (Phi) is 3.97. The van der Waals surface area contributed by atoms with E-state index in [4.69, 9.17) is 17.0 Å². The summed E-state index contributed by atoms with van der Waals surface area (Å²) in [7, 11) is 0. The predicted octanol–water partition coefficient (Wildman–Crippen LogP) is 4.51. The lowest BCUT2D eigenvalue weighted by Gasteiger charge is -2.08. The smallest absolute Gasteiger partial charge is 0.158 e. The monoisotopic (exact) mass is 265 g/mol. The van der Waals surface area contributed by atoms with Crippen LogP contribution in [0.3, 0.4) is 0 Å². The first-order valence-corrected chi connectivity index (χ1v) is 6.85. The number of nitrogens with one attached hydrogen (secondary N) is 1. The van der Waals surface area contributed by atoms with Gasteiger partial charge in [-0.2, -0.15) is 0 Å². The Morgan fingerprint density at radius 1 is 1.29 bits per heavy atom. The second kappa shape index (κ2) is 5.47. The standard InChI is InChI=1S/C13H15NOS2/c1-9(2)7-15-11-5-3-10(4-6-11)12-8-17-13(16)14-12/h3-6,8-9H,7H2,1-2H3,(H,14,16). The van der Waals surface area contributed by atoms with Gasteiger partial charge in [-0.15, -0.1) is 11.3 Å². The molecule has 0 radical (unpaired) electrons. The van der Waals surface area contributed by atoms with Crippen LogP contribution in [0.4, 0.5) is 0 Å².